The lowest BCUT2D eigenvalue weighted by Gasteiger charge is -2.19. The first kappa shape index (κ1) is 16.7. The van der Waals surface area contributed by atoms with E-state index in [2.05, 4.69) is 41.3 Å². The van der Waals surface area contributed by atoms with Crippen LogP contribution in [0.4, 0.5) is 0 Å². The Bertz CT molecular complexity index is 424. The molecule has 0 aromatic heterocycles. The zero-order chi connectivity index (χ0) is 14.4. The minimum atomic E-state index is -0.435. The number of likely N-dealkylation sites (N-methyl/N-ethyl adjacent to an activating group) is 1. The van der Waals surface area contributed by atoms with E-state index < -0.39 is 5.24 Å². The maximum Gasteiger partial charge on any atom is 0.252 e. The highest BCUT2D eigenvalue weighted by Crippen LogP contribution is 2.27. The van der Waals surface area contributed by atoms with E-state index in [0.29, 0.717) is 12.2 Å². The van der Waals surface area contributed by atoms with Gasteiger partial charge in [0.1, 0.15) is 12.4 Å². The van der Waals surface area contributed by atoms with Crippen LogP contribution < -0.4 is 4.74 Å². The summed E-state index contributed by atoms with van der Waals surface area (Å²) in [5.74, 6) is 0.842. The van der Waals surface area contributed by atoms with Crippen LogP contribution in [0.2, 0.25) is 0 Å². The number of aryl methyl sites for hydroxylation is 1. The fraction of sp³-hybridized carbons (Fsp3) is 0.500. The molecule has 0 N–H and O–H groups in total. The molecule has 1 aromatic rings. The third-order valence-electron chi connectivity index (χ3n) is 3.00. The number of hydrogen-bond donors (Lipinski definition) is 0. The molecule has 0 unspecified atom stereocenters. The quantitative estimate of drug-likeness (QED) is 0.521. The lowest BCUT2D eigenvalue weighted by molar-refractivity contribution is 0.108. The van der Waals surface area contributed by atoms with Crippen molar-refractivity contribution in [2.75, 3.05) is 26.2 Å². The number of nitrogens with zero attached hydrogens (tertiary/aromatic N) is 1. The Morgan fingerprint density at radius 2 is 2.00 bits per heavy atom. The van der Waals surface area contributed by atoms with Crippen LogP contribution in [-0.2, 0) is 0 Å². The SMILES string of the molecule is CCN(CC)CCOc1c(C)cc(C(=O)Cl)cc1I. The Balaban J connectivity index is 2.71. The lowest BCUT2D eigenvalue weighted by Crippen LogP contribution is -2.28. The van der Waals surface area contributed by atoms with Crippen molar-refractivity contribution >= 4 is 39.4 Å². The molecule has 0 saturated heterocycles. The summed E-state index contributed by atoms with van der Waals surface area (Å²) in [6.07, 6.45) is 0. The first-order valence-corrected chi connectivity index (χ1v) is 7.80. The Labute approximate surface area is 133 Å². The topological polar surface area (TPSA) is 29.5 Å². The second kappa shape index (κ2) is 8.07. The van der Waals surface area contributed by atoms with Gasteiger partial charge in [-0.1, -0.05) is 13.8 Å². The standard InChI is InChI=1S/C14H19ClINO2/c1-4-17(5-2)6-7-19-13-10(3)8-11(14(15)18)9-12(13)16/h8-9H,4-7H2,1-3H3. The van der Waals surface area contributed by atoms with Crippen molar-refractivity contribution in [3.8, 4) is 5.75 Å². The first-order chi connectivity index (χ1) is 8.99. The zero-order valence-corrected chi connectivity index (χ0v) is 14.4. The van der Waals surface area contributed by atoms with Gasteiger partial charge in [0.25, 0.3) is 5.24 Å². The molecule has 0 bridgehead atoms. The Kier molecular flexibility index (Phi) is 7.10. The fourth-order valence-corrected chi connectivity index (χ4v) is 2.87. The van der Waals surface area contributed by atoms with Crippen LogP contribution in [0, 0.1) is 10.5 Å². The van der Waals surface area contributed by atoms with E-state index in [1.807, 2.05) is 6.92 Å². The van der Waals surface area contributed by atoms with Crippen LogP contribution in [0.3, 0.4) is 0 Å². The second-order valence-electron chi connectivity index (χ2n) is 4.25. The molecule has 106 valence electrons. The van der Waals surface area contributed by atoms with Gasteiger partial charge in [-0.2, -0.15) is 0 Å². The third-order valence-corrected chi connectivity index (χ3v) is 4.02. The summed E-state index contributed by atoms with van der Waals surface area (Å²) in [5.41, 5.74) is 1.45. The molecule has 0 saturated carbocycles. The average molecular weight is 396 g/mol. The molecule has 0 atom stereocenters. The van der Waals surface area contributed by atoms with Crippen molar-refractivity contribution in [1.29, 1.82) is 0 Å². The summed E-state index contributed by atoms with van der Waals surface area (Å²) in [6, 6.07) is 3.53. The highest BCUT2D eigenvalue weighted by molar-refractivity contribution is 14.1. The number of carbonyl (C=O) groups excluding carboxylic acids is 1. The molecule has 0 fully saturated rings. The number of hydrogen-bond acceptors (Lipinski definition) is 3. The summed E-state index contributed by atoms with van der Waals surface area (Å²) in [6.45, 7) is 9.80. The van der Waals surface area contributed by atoms with Crippen LogP contribution in [0.15, 0.2) is 12.1 Å². The van der Waals surface area contributed by atoms with Gasteiger partial charge in [0.05, 0.1) is 3.57 Å². The van der Waals surface area contributed by atoms with Gasteiger partial charge < -0.3 is 9.64 Å². The van der Waals surface area contributed by atoms with Crippen molar-refractivity contribution in [3.05, 3.63) is 26.8 Å². The molecular formula is C14H19ClINO2. The maximum absolute atomic E-state index is 11.2. The monoisotopic (exact) mass is 395 g/mol. The van der Waals surface area contributed by atoms with Gasteiger partial charge in [0, 0.05) is 12.1 Å². The molecule has 1 aromatic carbocycles. The molecule has 1 rings (SSSR count). The predicted octanol–water partition coefficient (Wildman–Crippen LogP) is 3.70. The van der Waals surface area contributed by atoms with Gasteiger partial charge in [-0.25, -0.2) is 0 Å². The largest absolute Gasteiger partial charge is 0.491 e. The molecule has 0 spiro atoms. The molecule has 0 aliphatic rings. The number of benzene rings is 1. The number of carbonyl (C=O) groups is 1. The molecular weight excluding hydrogens is 377 g/mol. The molecule has 0 amide bonds. The third kappa shape index (κ3) is 4.93. The molecule has 5 heteroatoms. The van der Waals surface area contributed by atoms with E-state index in [0.717, 1.165) is 34.5 Å². The molecule has 19 heavy (non-hydrogen) atoms. The molecule has 3 nitrogen and oxygen atoms in total. The Morgan fingerprint density at radius 1 is 1.37 bits per heavy atom. The van der Waals surface area contributed by atoms with Crippen molar-refractivity contribution in [2.24, 2.45) is 0 Å². The van der Waals surface area contributed by atoms with Gasteiger partial charge in [0.2, 0.25) is 0 Å². The van der Waals surface area contributed by atoms with Crippen molar-refractivity contribution < 1.29 is 9.53 Å². The summed E-state index contributed by atoms with van der Waals surface area (Å²) in [7, 11) is 0. The van der Waals surface area contributed by atoms with Crippen molar-refractivity contribution in [1.82, 2.24) is 4.90 Å². The number of ether oxygens (including phenoxy) is 1. The number of halogens is 2. The van der Waals surface area contributed by atoms with Gasteiger partial charge in [-0.05, 0) is 71.9 Å². The maximum atomic E-state index is 11.2. The normalized spacial score (nSPS) is 10.8. The Hall–Kier alpha value is -0.330. The smallest absolute Gasteiger partial charge is 0.252 e. The molecule has 0 aliphatic heterocycles. The van der Waals surface area contributed by atoms with E-state index >= 15 is 0 Å². The minimum absolute atomic E-state index is 0.435. The number of rotatable bonds is 7. The lowest BCUT2D eigenvalue weighted by atomic mass is 10.1. The van der Waals surface area contributed by atoms with Gasteiger partial charge >= 0.3 is 0 Å². The second-order valence-corrected chi connectivity index (χ2v) is 5.76. The van der Waals surface area contributed by atoms with E-state index in [4.69, 9.17) is 16.3 Å². The van der Waals surface area contributed by atoms with Crippen LogP contribution in [0.25, 0.3) is 0 Å². The van der Waals surface area contributed by atoms with Crippen LogP contribution in [-0.4, -0.2) is 36.4 Å². The van der Waals surface area contributed by atoms with E-state index in [1.54, 1.807) is 12.1 Å². The minimum Gasteiger partial charge on any atom is -0.491 e. The Morgan fingerprint density at radius 3 is 2.47 bits per heavy atom. The van der Waals surface area contributed by atoms with Crippen LogP contribution in [0.5, 0.6) is 5.75 Å². The van der Waals surface area contributed by atoms with Crippen LogP contribution in [0.1, 0.15) is 29.8 Å². The van der Waals surface area contributed by atoms with Crippen molar-refractivity contribution in [3.63, 3.8) is 0 Å². The predicted molar refractivity (Wildman–Crippen MR) is 87.4 cm³/mol. The summed E-state index contributed by atoms with van der Waals surface area (Å²) < 4.78 is 6.75. The summed E-state index contributed by atoms with van der Waals surface area (Å²) in [5, 5.41) is -0.435. The van der Waals surface area contributed by atoms with Crippen molar-refractivity contribution in [2.45, 2.75) is 20.8 Å². The van der Waals surface area contributed by atoms with Gasteiger partial charge in [-0.15, -0.1) is 0 Å². The highest BCUT2D eigenvalue weighted by Gasteiger charge is 2.11. The van der Waals surface area contributed by atoms with E-state index in [9.17, 15) is 4.79 Å². The van der Waals surface area contributed by atoms with E-state index in [-0.39, 0.29) is 0 Å². The molecule has 0 aliphatic carbocycles. The molecule has 0 radical (unpaired) electrons. The summed E-state index contributed by atoms with van der Waals surface area (Å²) in [4.78, 5) is 13.5. The first-order valence-electron chi connectivity index (χ1n) is 6.34. The van der Waals surface area contributed by atoms with Gasteiger partial charge in [-0.3, -0.25) is 4.79 Å². The highest BCUT2D eigenvalue weighted by atomic mass is 127. The van der Waals surface area contributed by atoms with E-state index in [1.165, 1.54) is 0 Å². The zero-order valence-electron chi connectivity index (χ0n) is 11.5. The van der Waals surface area contributed by atoms with Crippen LogP contribution >= 0.6 is 34.2 Å². The molecule has 0 heterocycles. The average Bonchev–Trinajstić information content (AvgIpc) is 2.37. The summed E-state index contributed by atoms with van der Waals surface area (Å²) >= 11 is 7.66. The van der Waals surface area contributed by atoms with Gasteiger partial charge in [0.15, 0.2) is 0 Å². The fourth-order valence-electron chi connectivity index (χ4n) is 1.84.